The Kier molecular flexibility index (Phi) is 3.94. The molecule has 0 aromatic heterocycles. The zero-order valence-electron chi connectivity index (χ0n) is 9.90. The molecular weight excluding hydrogens is 216 g/mol. The number of nitrogens with zero attached hydrogens (tertiary/aromatic N) is 1. The van der Waals surface area contributed by atoms with E-state index in [1.165, 1.54) is 0 Å². The summed E-state index contributed by atoms with van der Waals surface area (Å²) in [4.78, 5) is 11.2. The van der Waals surface area contributed by atoms with E-state index in [1.807, 2.05) is 19.9 Å². The van der Waals surface area contributed by atoms with Gasteiger partial charge in [0.2, 0.25) is 5.91 Å². The van der Waals surface area contributed by atoms with Gasteiger partial charge < -0.3 is 16.8 Å². The fourth-order valence-electron chi connectivity index (χ4n) is 1.49. The number of anilines is 2. The summed E-state index contributed by atoms with van der Waals surface area (Å²) >= 11 is 0. The van der Waals surface area contributed by atoms with E-state index in [0.29, 0.717) is 16.9 Å². The fraction of sp³-hybridized carbons (Fsp3) is 0.333. The van der Waals surface area contributed by atoms with Crippen LogP contribution in [0.3, 0.4) is 0 Å². The molecule has 0 aliphatic heterocycles. The van der Waals surface area contributed by atoms with E-state index in [0.717, 1.165) is 0 Å². The Balaban J connectivity index is 2.95. The van der Waals surface area contributed by atoms with E-state index in [9.17, 15) is 4.79 Å². The highest BCUT2D eigenvalue weighted by atomic mass is 16.1. The molecule has 5 nitrogen and oxygen atoms in total. The predicted octanol–water partition coefficient (Wildman–Crippen LogP) is 1.06. The molecule has 0 heterocycles. The number of rotatable bonds is 4. The number of hydrogen-bond acceptors (Lipinski definition) is 4. The minimum Gasteiger partial charge on any atom is -0.398 e. The second-order valence-electron chi connectivity index (χ2n) is 4.18. The maximum atomic E-state index is 11.2. The minimum atomic E-state index is -0.467. The summed E-state index contributed by atoms with van der Waals surface area (Å²) in [5, 5.41) is 11.8. The van der Waals surface area contributed by atoms with Crippen LogP contribution >= 0.6 is 0 Å². The van der Waals surface area contributed by atoms with Gasteiger partial charge >= 0.3 is 0 Å². The summed E-state index contributed by atoms with van der Waals surface area (Å²) < 4.78 is 0. The Morgan fingerprint density at radius 3 is 2.59 bits per heavy atom. The number of nitrogens with one attached hydrogen (secondary N) is 1. The van der Waals surface area contributed by atoms with Crippen LogP contribution in [0.25, 0.3) is 0 Å². The molecule has 1 aromatic rings. The van der Waals surface area contributed by atoms with Gasteiger partial charge in [0.15, 0.2) is 0 Å². The van der Waals surface area contributed by atoms with Crippen molar-refractivity contribution >= 4 is 17.3 Å². The van der Waals surface area contributed by atoms with Crippen molar-refractivity contribution in [3.63, 3.8) is 0 Å². The van der Waals surface area contributed by atoms with Crippen LogP contribution in [0.1, 0.15) is 19.4 Å². The van der Waals surface area contributed by atoms with Gasteiger partial charge in [0.1, 0.15) is 12.1 Å². The molecule has 0 spiro atoms. The number of amides is 1. The standard InChI is InChI=1S/C12H16N4O/c1-7(2)11(12(15)17)16-9-3-4-10(14)8(5-9)6-13/h3-5,7,11,16H,14H2,1-2H3,(H2,15,17). The molecule has 17 heavy (non-hydrogen) atoms. The Bertz CT molecular complexity index is 462. The van der Waals surface area contributed by atoms with E-state index < -0.39 is 11.9 Å². The average Bonchev–Trinajstić information content (AvgIpc) is 2.26. The monoisotopic (exact) mass is 232 g/mol. The zero-order chi connectivity index (χ0) is 13.0. The van der Waals surface area contributed by atoms with Gasteiger partial charge in [-0.3, -0.25) is 4.79 Å². The lowest BCUT2D eigenvalue weighted by Crippen LogP contribution is -2.39. The number of carbonyl (C=O) groups excluding carboxylic acids is 1. The Morgan fingerprint density at radius 2 is 2.12 bits per heavy atom. The van der Waals surface area contributed by atoms with Gasteiger partial charge in [-0.1, -0.05) is 13.8 Å². The molecule has 0 bridgehead atoms. The van der Waals surface area contributed by atoms with Crippen LogP contribution in [0.2, 0.25) is 0 Å². The van der Waals surface area contributed by atoms with Crippen LogP contribution < -0.4 is 16.8 Å². The third-order valence-electron chi connectivity index (χ3n) is 2.47. The van der Waals surface area contributed by atoms with Gasteiger partial charge in [-0.05, 0) is 24.1 Å². The summed E-state index contributed by atoms with van der Waals surface area (Å²) in [6.45, 7) is 3.79. The lowest BCUT2D eigenvalue weighted by atomic mass is 10.0. The Hall–Kier alpha value is -2.22. The van der Waals surface area contributed by atoms with E-state index in [1.54, 1.807) is 18.2 Å². The summed E-state index contributed by atoms with van der Waals surface area (Å²) in [6, 6.07) is 6.46. The third-order valence-corrected chi connectivity index (χ3v) is 2.47. The SMILES string of the molecule is CC(C)C(Nc1ccc(N)c(C#N)c1)C(N)=O. The number of benzene rings is 1. The number of primary amides is 1. The second-order valence-corrected chi connectivity index (χ2v) is 4.18. The first-order chi connectivity index (χ1) is 7.95. The highest BCUT2D eigenvalue weighted by molar-refractivity contribution is 5.83. The van der Waals surface area contributed by atoms with Crippen molar-refractivity contribution in [3.05, 3.63) is 23.8 Å². The van der Waals surface area contributed by atoms with Gasteiger partial charge in [0.25, 0.3) is 0 Å². The molecule has 0 aliphatic rings. The topological polar surface area (TPSA) is 105 Å². The molecule has 0 radical (unpaired) electrons. The van der Waals surface area contributed by atoms with Crippen molar-refractivity contribution in [1.29, 1.82) is 5.26 Å². The number of nitrogens with two attached hydrogens (primary N) is 2. The van der Waals surface area contributed by atoms with E-state index in [2.05, 4.69) is 5.32 Å². The Morgan fingerprint density at radius 1 is 1.47 bits per heavy atom. The molecule has 90 valence electrons. The van der Waals surface area contributed by atoms with Crippen LogP contribution in [0.5, 0.6) is 0 Å². The number of hydrogen-bond donors (Lipinski definition) is 3. The van der Waals surface area contributed by atoms with Crippen LogP contribution in [-0.2, 0) is 4.79 Å². The molecular formula is C12H16N4O. The highest BCUT2D eigenvalue weighted by Gasteiger charge is 2.19. The molecule has 0 fully saturated rings. The van der Waals surface area contributed by atoms with Crippen LogP contribution in [-0.4, -0.2) is 11.9 Å². The molecule has 1 rings (SSSR count). The van der Waals surface area contributed by atoms with Crippen LogP contribution in [0.15, 0.2) is 18.2 Å². The van der Waals surface area contributed by atoms with Gasteiger partial charge in [-0.25, -0.2) is 0 Å². The molecule has 5 heteroatoms. The summed E-state index contributed by atoms with van der Waals surface area (Å²) in [6.07, 6.45) is 0. The molecule has 0 aliphatic carbocycles. The largest absolute Gasteiger partial charge is 0.398 e. The normalized spacial score (nSPS) is 11.9. The summed E-state index contributed by atoms with van der Waals surface area (Å²) in [5.41, 5.74) is 12.4. The van der Waals surface area contributed by atoms with Crippen molar-refractivity contribution in [3.8, 4) is 6.07 Å². The molecule has 1 aromatic carbocycles. The lowest BCUT2D eigenvalue weighted by molar-refractivity contribution is -0.119. The average molecular weight is 232 g/mol. The third kappa shape index (κ3) is 3.11. The molecule has 1 amide bonds. The highest BCUT2D eigenvalue weighted by Crippen LogP contribution is 2.19. The number of nitriles is 1. The predicted molar refractivity (Wildman–Crippen MR) is 67.0 cm³/mol. The molecule has 5 N–H and O–H groups in total. The van der Waals surface area contributed by atoms with E-state index >= 15 is 0 Å². The van der Waals surface area contributed by atoms with Crippen LogP contribution in [0.4, 0.5) is 11.4 Å². The molecule has 1 unspecified atom stereocenters. The van der Waals surface area contributed by atoms with Gasteiger partial charge in [-0.2, -0.15) is 5.26 Å². The van der Waals surface area contributed by atoms with Crippen molar-refractivity contribution in [2.24, 2.45) is 11.7 Å². The maximum Gasteiger partial charge on any atom is 0.240 e. The van der Waals surface area contributed by atoms with Crippen molar-refractivity contribution < 1.29 is 4.79 Å². The summed E-state index contributed by atoms with van der Waals surface area (Å²) in [5.74, 6) is -0.356. The van der Waals surface area contributed by atoms with Gasteiger partial charge in [0, 0.05) is 11.4 Å². The number of carbonyl (C=O) groups is 1. The first-order valence-electron chi connectivity index (χ1n) is 5.31. The zero-order valence-corrected chi connectivity index (χ0v) is 9.90. The Labute approximate surface area is 100 Å². The minimum absolute atomic E-state index is 0.0654. The fourth-order valence-corrected chi connectivity index (χ4v) is 1.49. The first-order valence-corrected chi connectivity index (χ1v) is 5.31. The van der Waals surface area contributed by atoms with Crippen LogP contribution in [0, 0.1) is 17.2 Å². The van der Waals surface area contributed by atoms with E-state index in [-0.39, 0.29) is 5.92 Å². The molecule has 0 saturated carbocycles. The second kappa shape index (κ2) is 5.21. The molecule has 0 saturated heterocycles. The smallest absolute Gasteiger partial charge is 0.240 e. The summed E-state index contributed by atoms with van der Waals surface area (Å²) in [7, 11) is 0. The van der Waals surface area contributed by atoms with Crippen molar-refractivity contribution in [1.82, 2.24) is 0 Å². The first kappa shape index (κ1) is 12.8. The quantitative estimate of drug-likeness (QED) is 0.675. The van der Waals surface area contributed by atoms with E-state index in [4.69, 9.17) is 16.7 Å². The lowest BCUT2D eigenvalue weighted by Gasteiger charge is -2.20. The van der Waals surface area contributed by atoms with Crippen molar-refractivity contribution in [2.75, 3.05) is 11.1 Å². The van der Waals surface area contributed by atoms with Crippen molar-refractivity contribution in [2.45, 2.75) is 19.9 Å². The van der Waals surface area contributed by atoms with Gasteiger partial charge in [0.05, 0.1) is 5.56 Å². The molecule has 1 atom stereocenters. The maximum absolute atomic E-state index is 11.2. The number of nitrogen functional groups attached to an aromatic ring is 1. The van der Waals surface area contributed by atoms with Gasteiger partial charge in [-0.15, -0.1) is 0 Å².